The molecule has 28 heavy (non-hydrogen) atoms. The van der Waals surface area contributed by atoms with Crippen molar-refractivity contribution in [3.05, 3.63) is 65.7 Å². The highest BCUT2D eigenvalue weighted by Crippen LogP contribution is 2.39. The summed E-state index contributed by atoms with van der Waals surface area (Å²) in [5.74, 6) is 0.830. The zero-order valence-electron chi connectivity index (χ0n) is 16.5. The molecule has 2 fully saturated rings. The quantitative estimate of drug-likeness (QED) is 0.663. The molecule has 0 amide bonds. The maximum atomic E-state index is 3.55. The molecule has 1 aliphatic heterocycles. The van der Waals surface area contributed by atoms with Gasteiger partial charge < -0.3 is 10.6 Å². The first-order valence-electron chi connectivity index (χ1n) is 10.2. The van der Waals surface area contributed by atoms with Crippen LogP contribution in [0.1, 0.15) is 42.9 Å². The number of nitrogens with one attached hydrogen (secondary N) is 2. The van der Waals surface area contributed by atoms with E-state index in [2.05, 4.69) is 70.1 Å². The fourth-order valence-electron chi connectivity index (χ4n) is 4.61. The van der Waals surface area contributed by atoms with Crippen molar-refractivity contribution < 1.29 is 0 Å². The Balaban J connectivity index is 0.00000140. The van der Waals surface area contributed by atoms with Crippen molar-refractivity contribution >= 4 is 30.5 Å². The van der Waals surface area contributed by atoms with E-state index in [-0.39, 0.29) is 24.8 Å². The van der Waals surface area contributed by atoms with Crippen LogP contribution in [0.15, 0.2) is 54.6 Å². The van der Waals surface area contributed by atoms with Crippen LogP contribution in [0, 0.1) is 5.92 Å². The molecule has 4 rings (SSSR count). The van der Waals surface area contributed by atoms with Crippen LogP contribution < -0.4 is 10.6 Å². The number of hydrogen-bond donors (Lipinski definition) is 2. The van der Waals surface area contributed by atoms with E-state index in [9.17, 15) is 0 Å². The van der Waals surface area contributed by atoms with Gasteiger partial charge in [-0.1, -0.05) is 55.3 Å². The lowest BCUT2D eigenvalue weighted by Crippen LogP contribution is -2.46. The second-order valence-corrected chi connectivity index (χ2v) is 7.74. The topological polar surface area (TPSA) is 27.3 Å². The Labute approximate surface area is 182 Å². The molecular formula is C23H33Cl2N3. The zero-order chi connectivity index (χ0) is 17.6. The van der Waals surface area contributed by atoms with Crippen molar-refractivity contribution in [2.75, 3.05) is 31.5 Å². The van der Waals surface area contributed by atoms with E-state index in [0.29, 0.717) is 6.04 Å². The van der Waals surface area contributed by atoms with E-state index in [0.717, 1.165) is 25.6 Å². The highest BCUT2D eigenvalue weighted by Gasteiger charge is 2.31. The lowest BCUT2D eigenvalue weighted by molar-refractivity contribution is 0.125. The van der Waals surface area contributed by atoms with Crippen molar-refractivity contribution in [3.8, 4) is 0 Å². The molecule has 154 valence electrons. The number of piperazine rings is 1. The smallest absolute Gasteiger partial charge is 0.0400 e. The molecule has 2 N–H and O–H groups in total. The van der Waals surface area contributed by atoms with Crippen molar-refractivity contribution in [2.45, 2.75) is 38.3 Å². The summed E-state index contributed by atoms with van der Waals surface area (Å²) in [6, 6.07) is 20.4. The number of anilines is 1. The van der Waals surface area contributed by atoms with Crippen LogP contribution in [-0.4, -0.2) is 31.1 Å². The van der Waals surface area contributed by atoms with Crippen LogP contribution in [0.3, 0.4) is 0 Å². The molecule has 0 spiro atoms. The van der Waals surface area contributed by atoms with Gasteiger partial charge in [0.2, 0.25) is 0 Å². The fourth-order valence-corrected chi connectivity index (χ4v) is 4.61. The molecule has 2 aromatic carbocycles. The van der Waals surface area contributed by atoms with Gasteiger partial charge in [-0.15, -0.1) is 24.8 Å². The molecule has 1 heterocycles. The summed E-state index contributed by atoms with van der Waals surface area (Å²) < 4.78 is 0. The molecule has 3 nitrogen and oxygen atoms in total. The summed E-state index contributed by atoms with van der Waals surface area (Å²) >= 11 is 0. The number of nitrogens with zero attached hydrogens (tertiary/aromatic N) is 1. The molecule has 1 saturated heterocycles. The van der Waals surface area contributed by atoms with Gasteiger partial charge in [0.05, 0.1) is 0 Å². The Bertz CT molecular complexity index is 666. The number of hydrogen-bond acceptors (Lipinski definition) is 3. The molecule has 0 aromatic heterocycles. The Hall–Kier alpha value is -1.26. The summed E-state index contributed by atoms with van der Waals surface area (Å²) in [5.41, 5.74) is 4.04. The van der Waals surface area contributed by atoms with Gasteiger partial charge >= 0.3 is 0 Å². The van der Waals surface area contributed by atoms with E-state index in [1.54, 1.807) is 0 Å². The predicted octanol–water partition coefficient (Wildman–Crippen LogP) is 5.28. The number of halogens is 2. The molecule has 0 unspecified atom stereocenters. The van der Waals surface area contributed by atoms with Gasteiger partial charge in [-0.3, -0.25) is 4.90 Å². The molecule has 1 aliphatic carbocycles. The largest absolute Gasteiger partial charge is 0.381 e. The van der Waals surface area contributed by atoms with E-state index >= 15 is 0 Å². The molecule has 2 aliphatic rings. The Kier molecular flexibility index (Phi) is 9.60. The van der Waals surface area contributed by atoms with Crippen LogP contribution in [-0.2, 0) is 6.54 Å². The third kappa shape index (κ3) is 5.87. The molecule has 1 saturated carbocycles. The minimum absolute atomic E-state index is 0. The maximum absolute atomic E-state index is 3.55. The summed E-state index contributed by atoms with van der Waals surface area (Å²) in [5, 5.41) is 7.05. The minimum atomic E-state index is 0. The van der Waals surface area contributed by atoms with E-state index in [4.69, 9.17) is 0 Å². The van der Waals surface area contributed by atoms with E-state index in [1.165, 1.54) is 55.6 Å². The van der Waals surface area contributed by atoms with Gasteiger partial charge in [-0.05, 0) is 42.0 Å². The van der Waals surface area contributed by atoms with Gasteiger partial charge in [0.15, 0.2) is 0 Å². The summed E-state index contributed by atoms with van der Waals surface area (Å²) in [4.78, 5) is 2.72. The van der Waals surface area contributed by atoms with Crippen LogP contribution in [0.4, 0.5) is 5.69 Å². The SMILES string of the molecule is Cl.Cl.c1ccc(CNc2ccc([C@@H](C3CCCC3)N3CCNCC3)cc2)cc1. The third-order valence-corrected chi connectivity index (χ3v) is 5.98. The first-order valence-corrected chi connectivity index (χ1v) is 10.2. The summed E-state index contributed by atoms with van der Waals surface area (Å²) in [6.45, 7) is 5.48. The van der Waals surface area contributed by atoms with Crippen molar-refractivity contribution in [1.29, 1.82) is 0 Å². The minimum Gasteiger partial charge on any atom is -0.381 e. The predicted molar refractivity (Wildman–Crippen MR) is 124 cm³/mol. The van der Waals surface area contributed by atoms with Gasteiger partial charge in [-0.2, -0.15) is 0 Å². The standard InChI is InChI=1S/C23H31N3.2ClH/c1-2-6-19(7-3-1)18-25-22-12-10-21(11-13-22)23(20-8-4-5-9-20)26-16-14-24-15-17-26;;/h1-3,6-7,10-13,20,23-25H,4-5,8-9,14-18H2;2*1H/t23-;;/m1../s1. The second-order valence-electron chi connectivity index (χ2n) is 7.74. The molecule has 1 atom stereocenters. The fraction of sp³-hybridized carbons (Fsp3) is 0.478. The van der Waals surface area contributed by atoms with Crippen LogP contribution >= 0.6 is 24.8 Å². The van der Waals surface area contributed by atoms with Gasteiger partial charge in [0.25, 0.3) is 0 Å². The van der Waals surface area contributed by atoms with E-state index in [1.807, 2.05) is 0 Å². The van der Waals surface area contributed by atoms with Gasteiger partial charge in [0, 0.05) is 44.5 Å². The highest BCUT2D eigenvalue weighted by molar-refractivity contribution is 5.85. The zero-order valence-corrected chi connectivity index (χ0v) is 18.1. The Morgan fingerprint density at radius 3 is 2.18 bits per heavy atom. The van der Waals surface area contributed by atoms with Crippen LogP contribution in [0.5, 0.6) is 0 Å². The molecule has 5 heteroatoms. The maximum Gasteiger partial charge on any atom is 0.0400 e. The lowest BCUT2D eigenvalue weighted by Gasteiger charge is -2.38. The Morgan fingerprint density at radius 1 is 0.893 bits per heavy atom. The summed E-state index contributed by atoms with van der Waals surface area (Å²) in [6.07, 6.45) is 5.60. The average molecular weight is 422 g/mol. The first kappa shape index (κ1) is 23.0. The third-order valence-electron chi connectivity index (χ3n) is 5.98. The normalized spacial score (nSPS) is 18.7. The average Bonchev–Trinajstić information content (AvgIpc) is 3.23. The Morgan fingerprint density at radius 2 is 1.54 bits per heavy atom. The van der Waals surface area contributed by atoms with Crippen LogP contribution in [0.2, 0.25) is 0 Å². The van der Waals surface area contributed by atoms with E-state index < -0.39 is 0 Å². The van der Waals surface area contributed by atoms with Crippen molar-refractivity contribution in [3.63, 3.8) is 0 Å². The number of benzene rings is 2. The number of rotatable bonds is 6. The van der Waals surface area contributed by atoms with Crippen molar-refractivity contribution in [2.24, 2.45) is 5.92 Å². The molecule has 2 aromatic rings. The van der Waals surface area contributed by atoms with Gasteiger partial charge in [-0.25, -0.2) is 0 Å². The highest BCUT2D eigenvalue weighted by atomic mass is 35.5. The summed E-state index contributed by atoms with van der Waals surface area (Å²) in [7, 11) is 0. The lowest BCUT2D eigenvalue weighted by atomic mass is 9.89. The van der Waals surface area contributed by atoms with Gasteiger partial charge in [0.1, 0.15) is 0 Å². The second kappa shape index (κ2) is 11.7. The monoisotopic (exact) mass is 421 g/mol. The molecular weight excluding hydrogens is 389 g/mol. The molecule has 0 radical (unpaired) electrons. The molecule has 0 bridgehead atoms. The van der Waals surface area contributed by atoms with Crippen LogP contribution in [0.25, 0.3) is 0 Å². The first-order chi connectivity index (χ1) is 12.9. The van der Waals surface area contributed by atoms with Crippen molar-refractivity contribution in [1.82, 2.24) is 10.2 Å².